The molecule has 0 fully saturated rings. The van der Waals surface area contributed by atoms with Gasteiger partial charge in [-0.05, 0) is 30.7 Å². The van der Waals surface area contributed by atoms with Gasteiger partial charge in [0.15, 0.2) is 12.7 Å². The molecule has 3 aromatic carbocycles. The quantitative estimate of drug-likeness (QED) is 0.517. The summed E-state index contributed by atoms with van der Waals surface area (Å²) >= 11 is 0. The Hall–Kier alpha value is -3.67. The SMILES string of the molecule is Cc1ccc(C2=NOC(CN(Cc3ccccc3F)C(=O)COc3ccccc3)C2)cc1. The van der Waals surface area contributed by atoms with Gasteiger partial charge in [-0.15, -0.1) is 0 Å². The lowest BCUT2D eigenvalue weighted by Gasteiger charge is -2.25. The first-order valence-corrected chi connectivity index (χ1v) is 10.6. The highest BCUT2D eigenvalue weighted by Gasteiger charge is 2.27. The molecular formula is C26H25FN2O3. The Morgan fingerprint density at radius 2 is 1.78 bits per heavy atom. The number of rotatable bonds is 8. The van der Waals surface area contributed by atoms with Crippen LogP contribution in [-0.2, 0) is 16.2 Å². The average Bonchev–Trinajstić information content (AvgIpc) is 3.28. The Balaban J connectivity index is 1.43. The normalized spacial score (nSPS) is 15.1. The molecule has 1 atom stereocenters. The highest BCUT2D eigenvalue weighted by atomic mass is 19.1. The van der Waals surface area contributed by atoms with Crippen LogP contribution in [0.4, 0.5) is 4.39 Å². The zero-order valence-electron chi connectivity index (χ0n) is 17.9. The predicted molar refractivity (Wildman–Crippen MR) is 121 cm³/mol. The fourth-order valence-electron chi connectivity index (χ4n) is 3.53. The number of para-hydroxylation sites is 1. The average molecular weight is 432 g/mol. The van der Waals surface area contributed by atoms with Crippen LogP contribution < -0.4 is 4.74 Å². The van der Waals surface area contributed by atoms with Crippen molar-refractivity contribution in [3.05, 3.63) is 101 Å². The van der Waals surface area contributed by atoms with E-state index in [2.05, 4.69) is 5.16 Å². The summed E-state index contributed by atoms with van der Waals surface area (Å²) in [5.74, 6) is 0.0107. The number of ether oxygens (including phenoxy) is 1. The van der Waals surface area contributed by atoms with Crippen molar-refractivity contribution in [1.82, 2.24) is 4.90 Å². The molecule has 164 valence electrons. The van der Waals surface area contributed by atoms with E-state index in [0.29, 0.717) is 17.7 Å². The second kappa shape index (κ2) is 10.1. The summed E-state index contributed by atoms with van der Waals surface area (Å²) in [4.78, 5) is 20.2. The van der Waals surface area contributed by atoms with Crippen molar-refractivity contribution >= 4 is 11.6 Å². The number of amides is 1. The topological polar surface area (TPSA) is 51.1 Å². The fourth-order valence-corrected chi connectivity index (χ4v) is 3.53. The lowest BCUT2D eigenvalue weighted by atomic mass is 10.0. The first-order valence-electron chi connectivity index (χ1n) is 10.6. The summed E-state index contributed by atoms with van der Waals surface area (Å²) < 4.78 is 19.9. The third-order valence-corrected chi connectivity index (χ3v) is 5.32. The summed E-state index contributed by atoms with van der Waals surface area (Å²) in [6.07, 6.45) is 0.266. The number of hydrogen-bond donors (Lipinski definition) is 0. The Morgan fingerprint density at radius 3 is 2.53 bits per heavy atom. The Morgan fingerprint density at radius 1 is 1.06 bits per heavy atom. The number of hydrogen-bond acceptors (Lipinski definition) is 4. The maximum Gasteiger partial charge on any atom is 0.260 e. The van der Waals surface area contributed by atoms with Crippen LogP contribution in [-0.4, -0.2) is 35.8 Å². The van der Waals surface area contributed by atoms with Crippen molar-refractivity contribution in [2.45, 2.75) is 26.0 Å². The number of benzene rings is 3. The zero-order valence-corrected chi connectivity index (χ0v) is 17.9. The van der Waals surface area contributed by atoms with E-state index < -0.39 is 0 Å². The maximum atomic E-state index is 14.3. The molecule has 0 saturated heterocycles. The van der Waals surface area contributed by atoms with E-state index in [9.17, 15) is 9.18 Å². The molecule has 0 aromatic heterocycles. The first kappa shape index (κ1) is 21.6. The molecule has 1 unspecified atom stereocenters. The molecule has 0 saturated carbocycles. The molecule has 0 bridgehead atoms. The fraction of sp³-hybridized carbons (Fsp3) is 0.231. The van der Waals surface area contributed by atoms with Crippen molar-refractivity contribution in [3.63, 3.8) is 0 Å². The summed E-state index contributed by atoms with van der Waals surface area (Å²) in [7, 11) is 0. The number of carbonyl (C=O) groups is 1. The molecule has 1 heterocycles. The van der Waals surface area contributed by atoms with E-state index in [-0.39, 0.29) is 37.5 Å². The van der Waals surface area contributed by atoms with E-state index >= 15 is 0 Å². The van der Waals surface area contributed by atoms with Gasteiger partial charge in [-0.2, -0.15) is 0 Å². The number of carbonyl (C=O) groups excluding carboxylic acids is 1. The summed E-state index contributed by atoms with van der Waals surface area (Å²) in [6.45, 7) is 2.30. The van der Waals surface area contributed by atoms with E-state index in [1.54, 1.807) is 35.2 Å². The van der Waals surface area contributed by atoms with E-state index in [1.807, 2.05) is 49.4 Å². The van der Waals surface area contributed by atoms with Crippen molar-refractivity contribution < 1.29 is 18.8 Å². The lowest BCUT2D eigenvalue weighted by molar-refractivity contribution is -0.135. The monoisotopic (exact) mass is 432 g/mol. The molecule has 0 N–H and O–H groups in total. The van der Waals surface area contributed by atoms with Crippen LogP contribution in [0.5, 0.6) is 5.75 Å². The first-order chi connectivity index (χ1) is 15.6. The van der Waals surface area contributed by atoms with Crippen molar-refractivity contribution in [1.29, 1.82) is 0 Å². The number of oxime groups is 1. The van der Waals surface area contributed by atoms with Gasteiger partial charge in [-0.3, -0.25) is 4.79 Å². The van der Waals surface area contributed by atoms with Gasteiger partial charge in [-0.1, -0.05) is 71.4 Å². The van der Waals surface area contributed by atoms with Crippen LogP contribution in [0, 0.1) is 12.7 Å². The summed E-state index contributed by atoms with van der Waals surface area (Å²) in [5.41, 5.74) is 3.45. The molecule has 0 aliphatic carbocycles. The number of nitrogens with zero attached hydrogens (tertiary/aromatic N) is 2. The van der Waals surface area contributed by atoms with E-state index in [4.69, 9.17) is 9.57 Å². The Bertz CT molecular complexity index is 1080. The number of halogens is 1. The number of aryl methyl sites for hydroxylation is 1. The van der Waals surface area contributed by atoms with Crippen LogP contribution in [0.3, 0.4) is 0 Å². The molecule has 6 heteroatoms. The smallest absolute Gasteiger partial charge is 0.260 e. The zero-order chi connectivity index (χ0) is 22.3. The highest BCUT2D eigenvalue weighted by molar-refractivity contribution is 6.01. The van der Waals surface area contributed by atoms with Crippen molar-refractivity contribution in [3.8, 4) is 5.75 Å². The van der Waals surface area contributed by atoms with Crippen LogP contribution in [0.15, 0.2) is 84.0 Å². The Kier molecular flexibility index (Phi) is 6.80. The van der Waals surface area contributed by atoms with E-state index in [0.717, 1.165) is 11.3 Å². The van der Waals surface area contributed by atoms with Gasteiger partial charge in [0.05, 0.1) is 12.3 Å². The van der Waals surface area contributed by atoms with E-state index in [1.165, 1.54) is 11.6 Å². The molecule has 0 radical (unpaired) electrons. The minimum absolute atomic E-state index is 0.128. The molecule has 5 nitrogen and oxygen atoms in total. The van der Waals surface area contributed by atoms with Crippen molar-refractivity contribution in [2.75, 3.05) is 13.2 Å². The van der Waals surface area contributed by atoms with Gasteiger partial charge in [0, 0.05) is 18.5 Å². The van der Waals surface area contributed by atoms with Gasteiger partial charge in [0.25, 0.3) is 5.91 Å². The molecule has 3 aromatic rings. The molecule has 0 spiro atoms. The summed E-state index contributed by atoms with van der Waals surface area (Å²) in [5, 5.41) is 4.22. The molecule has 1 aliphatic heterocycles. The standard InChI is InChI=1S/C26H25FN2O3/c1-19-11-13-20(14-12-19)25-15-23(32-28-25)17-29(16-21-7-5-6-10-24(21)27)26(30)18-31-22-8-3-2-4-9-22/h2-14,23H,15-18H2,1H3. The Labute approximate surface area is 187 Å². The summed E-state index contributed by atoms with van der Waals surface area (Å²) in [6, 6.07) is 23.7. The van der Waals surface area contributed by atoms with Crippen LogP contribution in [0.25, 0.3) is 0 Å². The third-order valence-electron chi connectivity index (χ3n) is 5.32. The van der Waals surface area contributed by atoms with Gasteiger partial charge in [-0.25, -0.2) is 4.39 Å². The molecular weight excluding hydrogens is 407 g/mol. The predicted octanol–water partition coefficient (Wildman–Crippen LogP) is 4.73. The van der Waals surface area contributed by atoms with Gasteiger partial charge in [0.1, 0.15) is 11.6 Å². The van der Waals surface area contributed by atoms with Gasteiger partial charge < -0.3 is 14.5 Å². The minimum Gasteiger partial charge on any atom is -0.484 e. The highest BCUT2D eigenvalue weighted by Crippen LogP contribution is 2.20. The minimum atomic E-state index is -0.349. The maximum absolute atomic E-state index is 14.3. The lowest BCUT2D eigenvalue weighted by Crippen LogP contribution is -2.40. The molecule has 1 aliphatic rings. The van der Waals surface area contributed by atoms with Gasteiger partial charge >= 0.3 is 0 Å². The molecule has 4 rings (SSSR count). The second-order valence-electron chi connectivity index (χ2n) is 7.80. The van der Waals surface area contributed by atoms with Crippen LogP contribution in [0.1, 0.15) is 23.1 Å². The van der Waals surface area contributed by atoms with Crippen LogP contribution >= 0.6 is 0 Å². The molecule has 32 heavy (non-hydrogen) atoms. The van der Waals surface area contributed by atoms with Crippen molar-refractivity contribution in [2.24, 2.45) is 5.16 Å². The third kappa shape index (κ3) is 5.52. The largest absolute Gasteiger partial charge is 0.484 e. The molecule has 1 amide bonds. The second-order valence-corrected chi connectivity index (χ2v) is 7.80. The van der Waals surface area contributed by atoms with Gasteiger partial charge in [0.2, 0.25) is 0 Å². The van der Waals surface area contributed by atoms with Crippen LogP contribution in [0.2, 0.25) is 0 Å².